The van der Waals surface area contributed by atoms with Crippen molar-refractivity contribution in [2.75, 3.05) is 18.0 Å². The van der Waals surface area contributed by atoms with E-state index >= 15 is 0 Å². The highest BCUT2D eigenvalue weighted by Gasteiger charge is 2.31. The van der Waals surface area contributed by atoms with Gasteiger partial charge in [0, 0.05) is 31.2 Å². The van der Waals surface area contributed by atoms with E-state index in [1.54, 1.807) is 0 Å². The number of fused-ring (bicyclic) bond motifs is 1. The van der Waals surface area contributed by atoms with Crippen molar-refractivity contribution in [2.45, 2.75) is 38.3 Å². The van der Waals surface area contributed by atoms with Gasteiger partial charge in [-0.2, -0.15) is 0 Å². The highest BCUT2D eigenvalue weighted by atomic mass is 16.2. The van der Waals surface area contributed by atoms with Crippen LogP contribution in [0.15, 0.2) is 18.2 Å². The number of aryl methyl sites for hydroxylation is 1. The first-order chi connectivity index (χ1) is 9.29. The highest BCUT2D eigenvalue weighted by molar-refractivity contribution is 5.97. The van der Waals surface area contributed by atoms with Gasteiger partial charge in [-0.15, -0.1) is 0 Å². The molecule has 102 valence electrons. The smallest absolute Gasteiger partial charge is 0.227 e. The second kappa shape index (κ2) is 5.31. The number of nitrogens with one attached hydrogen (secondary N) is 1. The third-order valence-electron chi connectivity index (χ3n) is 4.15. The van der Waals surface area contributed by atoms with Crippen LogP contribution in [0, 0.1) is 0 Å². The van der Waals surface area contributed by atoms with Gasteiger partial charge in [0.05, 0.1) is 0 Å². The third kappa shape index (κ3) is 2.38. The summed E-state index contributed by atoms with van der Waals surface area (Å²) in [5.41, 5.74) is 9.22. The van der Waals surface area contributed by atoms with Crippen LogP contribution in [0.25, 0.3) is 0 Å². The summed E-state index contributed by atoms with van der Waals surface area (Å²) < 4.78 is 0. The average molecular weight is 259 g/mol. The van der Waals surface area contributed by atoms with Crippen molar-refractivity contribution < 1.29 is 4.79 Å². The predicted molar refractivity (Wildman–Crippen MR) is 76.0 cm³/mol. The first-order valence-corrected chi connectivity index (χ1v) is 7.14. The number of carbonyl (C=O) groups is 1. The minimum Gasteiger partial charge on any atom is -0.326 e. The minimum absolute atomic E-state index is 0.265. The Morgan fingerprint density at radius 1 is 1.37 bits per heavy atom. The van der Waals surface area contributed by atoms with Crippen molar-refractivity contribution in [3.05, 3.63) is 29.3 Å². The van der Waals surface area contributed by atoms with E-state index in [0.717, 1.165) is 43.6 Å². The lowest BCUT2D eigenvalue weighted by atomic mass is 9.95. The number of benzene rings is 1. The second-order valence-electron chi connectivity index (χ2n) is 5.43. The van der Waals surface area contributed by atoms with Gasteiger partial charge >= 0.3 is 0 Å². The molecule has 1 atom stereocenters. The second-order valence-corrected chi connectivity index (χ2v) is 5.43. The normalized spacial score (nSPS) is 23.3. The van der Waals surface area contributed by atoms with Crippen LogP contribution in [-0.2, 0) is 17.8 Å². The molecule has 1 aromatic carbocycles. The summed E-state index contributed by atoms with van der Waals surface area (Å²) in [6.45, 7) is 2.54. The number of amides is 1. The topological polar surface area (TPSA) is 58.4 Å². The van der Waals surface area contributed by atoms with E-state index in [2.05, 4.69) is 17.4 Å². The summed E-state index contributed by atoms with van der Waals surface area (Å²) in [7, 11) is 0. The van der Waals surface area contributed by atoms with Crippen LogP contribution in [0.5, 0.6) is 0 Å². The molecule has 1 fully saturated rings. The molecule has 0 radical (unpaired) electrons. The zero-order chi connectivity index (χ0) is 13.2. The fourth-order valence-corrected chi connectivity index (χ4v) is 3.15. The van der Waals surface area contributed by atoms with E-state index in [1.165, 1.54) is 5.56 Å². The van der Waals surface area contributed by atoms with Crippen molar-refractivity contribution in [1.82, 2.24) is 5.32 Å². The van der Waals surface area contributed by atoms with Crippen molar-refractivity contribution in [1.29, 1.82) is 0 Å². The number of rotatable bonds is 2. The molecule has 2 aliphatic rings. The number of hydrogen-bond donors (Lipinski definition) is 2. The van der Waals surface area contributed by atoms with Crippen LogP contribution in [-0.4, -0.2) is 25.0 Å². The standard InChI is InChI=1S/C15H21N3O/c16-9-11-3-5-14-12(8-11)4-6-15(19)18(14)13-2-1-7-17-10-13/h3,5,8,13,17H,1-2,4,6-7,9-10,16H2. The van der Waals surface area contributed by atoms with Gasteiger partial charge in [-0.1, -0.05) is 12.1 Å². The molecule has 1 amide bonds. The third-order valence-corrected chi connectivity index (χ3v) is 4.15. The van der Waals surface area contributed by atoms with E-state index in [9.17, 15) is 4.79 Å². The van der Waals surface area contributed by atoms with Crippen LogP contribution in [0.2, 0.25) is 0 Å². The van der Waals surface area contributed by atoms with E-state index in [1.807, 2.05) is 11.0 Å². The Morgan fingerprint density at radius 2 is 2.26 bits per heavy atom. The molecule has 0 spiro atoms. The SMILES string of the molecule is NCc1ccc2c(c1)CCC(=O)N2C1CCCNC1. The van der Waals surface area contributed by atoms with Crippen molar-refractivity contribution in [2.24, 2.45) is 5.73 Å². The van der Waals surface area contributed by atoms with Gasteiger partial charge in [-0.3, -0.25) is 4.79 Å². The molecule has 1 aromatic rings. The molecular formula is C15H21N3O. The predicted octanol–water partition coefficient (Wildman–Crippen LogP) is 1.18. The van der Waals surface area contributed by atoms with E-state index in [-0.39, 0.29) is 5.91 Å². The Morgan fingerprint density at radius 3 is 3.00 bits per heavy atom. The van der Waals surface area contributed by atoms with Crippen LogP contribution >= 0.6 is 0 Å². The Hall–Kier alpha value is -1.39. The molecule has 0 aromatic heterocycles. The molecule has 1 saturated heterocycles. The van der Waals surface area contributed by atoms with E-state index < -0.39 is 0 Å². The van der Waals surface area contributed by atoms with Crippen molar-refractivity contribution in [3.63, 3.8) is 0 Å². The molecular weight excluding hydrogens is 238 g/mol. The molecule has 0 aliphatic carbocycles. The van der Waals surface area contributed by atoms with E-state index in [4.69, 9.17) is 5.73 Å². The molecule has 3 N–H and O–H groups in total. The highest BCUT2D eigenvalue weighted by Crippen LogP contribution is 2.31. The molecule has 19 heavy (non-hydrogen) atoms. The van der Waals surface area contributed by atoms with Crippen LogP contribution in [0.4, 0.5) is 5.69 Å². The van der Waals surface area contributed by atoms with Crippen molar-refractivity contribution in [3.8, 4) is 0 Å². The van der Waals surface area contributed by atoms with Crippen LogP contribution < -0.4 is 16.0 Å². The summed E-state index contributed by atoms with van der Waals surface area (Å²) in [5, 5.41) is 3.39. The summed E-state index contributed by atoms with van der Waals surface area (Å²) in [6.07, 6.45) is 3.71. The molecule has 1 unspecified atom stereocenters. The molecule has 4 nitrogen and oxygen atoms in total. The fraction of sp³-hybridized carbons (Fsp3) is 0.533. The maximum Gasteiger partial charge on any atom is 0.227 e. The Bertz CT molecular complexity index is 480. The molecule has 3 rings (SSSR count). The van der Waals surface area contributed by atoms with Crippen LogP contribution in [0.1, 0.15) is 30.4 Å². The molecule has 0 bridgehead atoms. The zero-order valence-corrected chi connectivity index (χ0v) is 11.2. The van der Waals surface area contributed by atoms with Gasteiger partial charge in [0.25, 0.3) is 0 Å². The van der Waals surface area contributed by atoms with Gasteiger partial charge in [-0.25, -0.2) is 0 Å². The average Bonchev–Trinajstić information content (AvgIpc) is 2.47. The maximum atomic E-state index is 12.3. The molecule has 2 aliphatic heterocycles. The Kier molecular flexibility index (Phi) is 3.53. The number of carbonyl (C=O) groups excluding carboxylic acids is 1. The first kappa shape index (κ1) is 12.6. The summed E-state index contributed by atoms with van der Waals surface area (Å²) >= 11 is 0. The number of nitrogens with zero attached hydrogens (tertiary/aromatic N) is 1. The Balaban J connectivity index is 1.94. The van der Waals surface area contributed by atoms with Gasteiger partial charge in [0.1, 0.15) is 0 Å². The van der Waals surface area contributed by atoms with Gasteiger partial charge < -0.3 is 16.0 Å². The largest absolute Gasteiger partial charge is 0.326 e. The number of hydrogen-bond acceptors (Lipinski definition) is 3. The van der Waals surface area contributed by atoms with Gasteiger partial charge in [-0.05, 0) is 43.0 Å². The molecule has 2 heterocycles. The molecule has 4 heteroatoms. The fourth-order valence-electron chi connectivity index (χ4n) is 3.15. The van der Waals surface area contributed by atoms with Crippen LogP contribution in [0.3, 0.4) is 0 Å². The lowest BCUT2D eigenvalue weighted by molar-refractivity contribution is -0.119. The zero-order valence-electron chi connectivity index (χ0n) is 11.2. The number of nitrogens with two attached hydrogens (primary N) is 1. The summed E-state index contributed by atoms with van der Waals surface area (Å²) in [4.78, 5) is 14.3. The van der Waals surface area contributed by atoms with Gasteiger partial charge in [0.15, 0.2) is 0 Å². The number of anilines is 1. The minimum atomic E-state index is 0.265. The van der Waals surface area contributed by atoms with Crippen molar-refractivity contribution >= 4 is 11.6 Å². The summed E-state index contributed by atoms with van der Waals surface area (Å²) in [5.74, 6) is 0.265. The molecule has 0 saturated carbocycles. The Labute approximate surface area is 114 Å². The lowest BCUT2D eigenvalue weighted by Crippen LogP contribution is -2.50. The van der Waals surface area contributed by atoms with E-state index in [0.29, 0.717) is 19.0 Å². The summed E-state index contributed by atoms with van der Waals surface area (Å²) in [6, 6.07) is 6.58. The van der Waals surface area contributed by atoms with Gasteiger partial charge in [0.2, 0.25) is 5.91 Å². The quantitative estimate of drug-likeness (QED) is 0.838. The lowest BCUT2D eigenvalue weighted by Gasteiger charge is -2.38. The number of piperidine rings is 1. The monoisotopic (exact) mass is 259 g/mol. The maximum absolute atomic E-state index is 12.3. The first-order valence-electron chi connectivity index (χ1n) is 7.14.